The van der Waals surface area contributed by atoms with E-state index in [1.54, 1.807) is 0 Å². The number of rotatable bonds is 3. The van der Waals surface area contributed by atoms with E-state index in [0.29, 0.717) is 12.1 Å². The van der Waals surface area contributed by atoms with E-state index in [1.165, 1.54) is 19.3 Å². The zero-order chi connectivity index (χ0) is 12.4. The summed E-state index contributed by atoms with van der Waals surface area (Å²) < 4.78 is 2.34. The van der Waals surface area contributed by atoms with Crippen molar-refractivity contribution in [2.45, 2.75) is 59.0 Å². The van der Waals surface area contributed by atoms with E-state index in [2.05, 4.69) is 48.8 Å². The molecular formula is C14H25N3. The minimum atomic E-state index is 0.441. The highest BCUT2D eigenvalue weighted by molar-refractivity contribution is 5.27. The van der Waals surface area contributed by atoms with Gasteiger partial charge >= 0.3 is 0 Å². The van der Waals surface area contributed by atoms with E-state index in [9.17, 15) is 0 Å². The first-order valence-corrected chi connectivity index (χ1v) is 6.87. The second-order valence-electron chi connectivity index (χ2n) is 5.88. The molecule has 3 heteroatoms. The third-order valence-corrected chi connectivity index (χ3v) is 4.05. The topological polar surface area (TPSA) is 29.9 Å². The molecule has 1 aliphatic carbocycles. The van der Waals surface area contributed by atoms with Crippen molar-refractivity contribution >= 4 is 5.95 Å². The quantitative estimate of drug-likeness (QED) is 0.865. The standard InChI is InChI=1S/C14H25N3/c1-10(2)16-14-15-7-8-17(14)13-6-5-11(3)12(4)9-13/h7-8,10-13H,5-6,9H2,1-4H3,(H,15,16). The molecule has 1 heterocycles. The highest BCUT2D eigenvalue weighted by Crippen LogP contribution is 2.37. The molecule has 0 aliphatic heterocycles. The summed E-state index contributed by atoms with van der Waals surface area (Å²) in [5.41, 5.74) is 0. The highest BCUT2D eigenvalue weighted by Gasteiger charge is 2.26. The first-order valence-electron chi connectivity index (χ1n) is 6.87. The molecule has 0 aromatic carbocycles. The van der Waals surface area contributed by atoms with E-state index in [0.717, 1.165) is 17.8 Å². The number of hydrogen-bond acceptors (Lipinski definition) is 2. The molecule has 0 saturated heterocycles. The normalized spacial score (nSPS) is 29.6. The van der Waals surface area contributed by atoms with Crippen LogP contribution in [0.25, 0.3) is 0 Å². The molecular weight excluding hydrogens is 210 g/mol. The zero-order valence-corrected chi connectivity index (χ0v) is 11.5. The lowest BCUT2D eigenvalue weighted by atomic mass is 9.79. The third kappa shape index (κ3) is 2.82. The van der Waals surface area contributed by atoms with Gasteiger partial charge in [0.25, 0.3) is 0 Å². The van der Waals surface area contributed by atoms with Crippen LogP contribution >= 0.6 is 0 Å². The van der Waals surface area contributed by atoms with Gasteiger partial charge in [0.2, 0.25) is 5.95 Å². The van der Waals surface area contributed by atoms with Gasteiger partial charge in [-0.05, 0) is 44.9 Å². The van der Waals surface area contributed by atoms with E-state index < -0.39 is 0 Å². The molecule has 1 aromatic heterocycles. The van der Waals surface area contributed by atoms with Crippen molar-refractivity contribution < 1.29 is 0 Å². The van der Waals surface area contributed by atoms with Gasteiger partial charge in [0, 0.05) is 24.5 Å². The lowest BCUT2D eigenvalue weighted by molar-refractivity contribution is 0.212. The number of nitrogens with zero attached hydrogens (tertiary/aromatic N) is 2. The first kappa shape index (κ1) is 12.5. The largest absolute Gasteiger partial charge is 0.353 e. The fourth-order valence-electron chi connectivity index (χ4n) is 2.75. The van der Waals surface area contributed by atoms with E-state index in [1.807, 2.05) is 6.20 Å². The second-order valence-corrected chi connectivity index (χ2v) is 5.88. The molecule has 3 nitrogen and oxygen atoms in total. The summed E-state index contributed by atoms with van der Waals surface area (Å²) in [7, 11) is 0. The van der Waals surface area contributed by atoms with Crippen LogP contribution in [0.2, 0.25) is 0 Å². The van der Waals surface area contributed by atoms with Crippen molar-refractivity contribution in [3.63, 3.8) is 0 Å². The monoisotopic (exact) mass is 235 g/mol. The highest BCUT2D eigenvalue weighted by atomic mass is 15.2. The molecule has 1 saturated carbocycles. The second kappa shape index (κ2) is 5.11. The summed E-state index contributed by atoms with van der Waals surface area (Å²) in [6, 6.07) is 1.07. The Morgan fingerprint density at radius 2 is 2.06 bits per heavy atom. The Balaban J connectivity index is 2.09. The molecule has 3 unspecified atom stereocenters. The molecule has 1 N–H and O–H groups in total. The predicted molar refractivity (Wildman–Crippen MR) is 72.2 cm³/mol. The van der Waals surface area contributed by atoms with Gasteiger partial charge in [-0.2, -0.15) is 0 Å². The molecule has 0 radical (unpaired) electrons. The van der Waals surface area contributed by atoms with Crippen LogP contribution in [0.1, 0.15) is 53.0 Å². The number of imidazole rings is 1. The van der Waals surface area contributed by atoms with Crippen molar-refractivity contribution in [1.82, 2.24) is 9.55 Å². The van der Waals surface area contributed by atoms with Gasteiger partial charge in [-0.15, -0.1) is 0 Å². The van der Waals surface area contributed by atoms with Gasteiger partial charge in [0.05, 0.1) is 0 Å². The van der Waals surface area contributed by atoms with Gasteiger partial charge in [-0.1, -0.05) is 13.8 Å². The molecule has 0 spiro atoms. The Bertz CT molecular complexity index is 356. The van der Waals surface area contributed by atoms with Crippen molar-refractivity contribution in [3.8, 4) is 0 Å². The SMILES string of the molecule is CC(C)Nc1nccn1C1CCC(C)C(C)C1. The van der Waals surface area contributed by atoms with E-state index >= 15 is 0 Å². The van der Waals surface area contributed by atoms with Crippen LogP contribution in [0.15, 0.2) is 12.4 Å². The Labute approximate surface area is 105 Å². The van der Waals surface area contributed by atoms with Gasteiger partial charge in [-0.25, -0.2) is 4.98 Å². The maximum Gasteiger partial charge on any atom is 0.203 e. The number of nitrogens with one attached hydrogen (secondary N) is 1. The van der Waals surface area contributed by atoms with Crippen LogP contribution in [0.3, 0.4) is 0 Å². The Kier molecular flexibility index (Phi) is 3.75. The fraction of sp³-hybridized carbons (Fsp3) is 0.786. The molecule has 96 valence electrons. The van der Waals surface area contributed by atoms with Crippen LogP contribution in [0.5, 0.6) is 0 Å². The zero-order valence-electron chi connectivity index (χ0n) is 11.5. The van der Waals surface area contributed by atoms with E-state index in [4.69, 9.17) is 0 Å². The van der Waals surface area contributed by atoms with Crippen molar-refractivity contribution in [2.24, 2.45) is 11.8 Å². The minimum Gasteiger partial charge on any atom is -0.353 e. The minimum absolute atomic E-state index is 0.441. The van der Waals surface area contributed by atoms with Gasteiger partial charge in [0.1, 0.15) is 0 Å². The predicted octanol–water partition coefficient (Wildman–Crippen LogP) is 3.70. The molecule has 0 bridgehead atoms. The molecule has 1 aromatic rings. The third-order valence-electron chi connectivity index (χ3n) is 4.05. The molecule has 2 rings (SSSR count). The van der Waals surface area contributed by atoms with E-state index in [-0.39, 0.29) is 0 Å². The summed E-state index contributed by atoms with van der Waals surface area (Å²) in [6.07, 6.45) is 7.94. The molecule has 17 heavy (non-hydrogen) atoms. The maximum atomic E-state index is 4.43. The molecule has 0 amide bonds. The summed E-state index contributed by atoms with van der Waals surface area (Å²) in [6.45, 7) is 9.07. The van der Waals surface area contributed by atoms with Crippen LogP contribution < -0.4 is 5.32 Å². The van der Waals surface area contributed by atoms with Gasteiger partial charge in [-0.3, -0.25) is 0 Å². The molecule has 1 aliphatic rings. The fourth-order valence-corrected chi connectivity index (χ4v) is 2.75. The first-order chi connectivity index (χ1) is 8.08. The number of anilines is 1. The average molecular weight is 235 g/mol. The molecule has 3 atom stereocenters. The van der Waals surface area contributed by atoms with Crippen LogP contribution in [0, 0.1) is 11.8 Å². The van der Waals surface area contributed by atoms with Crippen molar-refractivity contribution in [1.29, 1.82) is 0 Å². The Hall–Kier alpha value is -0.990. The number of aromatic nitrogens is 2. The smallest absolute Gasteiger partial charge is 0.203 e. The van der Waals surface area contributed by atoms with Crippen molar-refractivity contribution in [2.75, 3.05) is 5.32 Å². The van der Waals surface area contributed by atoms with Gasteiger partial charge in [0.15, 0.2) is 0 Å². The maximum absolute atomic E-state index is 4.43. The summed E-state index contributed by atoms with van der Waals surface area (Å²) in [5, 5.41) is 3.43. The van der Waals surface area contributed by atoms with Gasteiger partial charge < -0.3 is 9.88 Å². The van der Waals surface area contributed by atoms with Crippen LogP contribution in [0.4, 0.5) is 5.95 Å². The Morgan fingerprint density at radius 3 is 2.71 bits per heavy atom. The summed E-state index contributed by atoms with van der Waals surface area (Å²) in [5.74, 6) is 2.73. The lowest BCUT2D eigenvalue weighted by Crippen LogP contribution is -2.25. The van der Waals surface area contributed by atoms with Crippen molar-refractivity contribution in [3.05, 3.63) is 12.4 Å². The van der Waals surface area contributed by atoms with Crippen LogP contribution in [-0.2, 0) is 0 Å². The molecule has 1 fully saturated rings. The average Bonchev–Trinajstić information content (AvgIpc) is 2.69. The Morgan fingerprint density at radius 1 is 1.29 bits per heavy atom. The summed E-state index contributed by atoms with van der Waals surface area (Å²) in [4.78, 5) is 4.43. The number of hydrogen-bond donors (Lipinski definition) is 1. The lowest BCUT2D eigenvalue weighted by Gasteiger charge is -2.33. The van der Waals surface area contributed by atoms with Crippen LogP contribution in [-0.4, -0.2) is 15.6 Å². The summed E-state index contributed by atoms with van der Waals surface area (Å²) >= 11 is 0.